The molecule has 6 nitrogen and oxygen atoms in total. The van der Waals surface area contributed by atoms with Crippen LogP contribution in [0.2, 0.25) is 0 Å². The molecule has 8 heteroatoms. The van der Waals surface area contributed by atoms with Crippen LogP contribution in [-0.2, 0) is 20.0 Å². The van der Waals surface area contributed by atoms with Gasteiger partial charge in [-0.05, 0) is 30.5 Å². The summed E-state index contributed by atoms with van der Waals surface area (Å²) in [6, 6.07) is 6.91. The van der Waals surface area contributed by atoms with E-state index in [0.717, 1.165) is 5.56 Å². The van der Waals surface area contributed by atoms with E-state index in [9.17, 15) is 16.8 Å². The third-order valence-electron chi connectivity index (χ3n) is 4.14. The van der Waals surface area contributed by atoms with Gasteiger partial charge in [-0.3, -0.25) is 0 Å². The second-order valence-electron chi connectivity index (χ2n) is 5.93. The van der Waals surface area contributed by atoms with Crippen molar-refractivity contribution in [1.29, 1.82) is 0 Å². The number of benzene rings is 1. The lowest BCUT2D eigenvalue weighted by Gasteiger charge is -2.33. The fraction of sp³-hybridized carbons (Fsp3) is 0.600. The van der Waals surface area contributed by atoms with E-state index in [2.05, 4.69) is 13.8 Å². The molecule has 130 valence electrons. The Bertz CT molecular complexity index is 732. The summed E-state index contributed by atoms with van der Waals surface area (Å²) in [5.74, 6) is 0.380. The van der Waals surface area contributed by atoms with Gasteiger partial charge in [0.05, 0.1) is 10.6 Å². The first-order valence-electron chi connectivity index (χ1n) is 7.76. The van der Waals surface area contributed by atoms with Crippen molar-refractivity contribution in [3.63, 3.8) is 0 Å². The molecule has 2 rings (SSSR count). The third kappa shape index (κ3) is 3.93. The molecule has 0 saturated carbocycles. The second-order valence-corrected chi connectivity index (χ2v) is 10.1. The van der Waals surface area contributed by atoms with Crippen LogP contribution in [-0.4, -0.2) is 57.4 Å². The fourth-order valence-electron chi connectivity index (χ4n) is 2.54. The predicted molar refractivity (Wildman–Crippen MR) is 90.3 cm³/mol. The summed E-state index contributed by atoms with van der Waals surface area (Å²) in [5.41, 5.74) is 1.09. The maximum Gasteiger partial charge on any atom is 0.243 e. The summed E-state index contributed by atoms with van der Waals surface area (Å²) >= 11 is 0. The van der Waals surface area contributed by atoms with E-state index >= 15 is 0 Å². The Morgan fingerprint density at radius 2 is 1.39 bits per heavy atom. The van der Waals surface area contributed by atoms with E-state index < -0.39 is 20.0 Å². The minimum absolute atomic E-state index is 0.0381. The highest BCUT2D eigenvalue weighted by Crippen LogP contribution is 2.21. The van der Waals surface area contributed by atoms with Crippen molar-refractivity contribution in [3.8, 4) is 0 Å². The zero-order valence-electron chi connectivity index (χ0n) is 13.8. The smallest absolute Gasteiger partial charge is 0.212 e. The third-order valence-corrected chi connectivity index (χ3v) is 7.93. The summed E-state index contributed by atoms with van der Waals surface area (Å²) in [6.45, 7) is 6.49. The minimum atomic E-state index is -3.57. The molecule has 0 unspecified atom stereocenters. The van der Waals surface area contributed by atoms with Crippen molar-refractivity contribution in [1.82, 2.24) is 8.61 Å². The normalized spacial score (nSPS) is 18.4. The number of nitrogens with zero attached hydrogens (tertiary/aromatic N) is 2. The van der Waals surface area contributed by atoms with E-state index in [1.165, 1.54) is 8.61 Å². The molecule has 1 aliphatic heterocycles. The second kappa shape index (κ2) is 6.88. The van der Waals surface area contributed by atoms with Crippen molar-refractivity contribution in [2.24, 2.45) is 0 Å². The van der Waals surface area contributed by atoms with Gasteiger partial charge in [0.1, 0.15) is 0 Å². The van der Waals surface area contributed by atoms with Crippen LogP contribution in [0.15, 0.2) is 29.2 Å². The number of hydrogen-bond donors (Lipinski definition) is 0. The van der Waals surface area contributed by atoms with Crippen LogP contribution >= 0.6 is 0 Å². The first-order chi connectivity index (χ1) is 10.7. The van der Waals surface area contributed by atoms with Crippen LogP contribution < -0.4 is 0 Å². The van der Waals surface area contributed by atoms with Gasteiger partial charge >= 0.3 is 0 Å². The van der Waals surface area contributed by atoms with E-state index in [0.29, 0.717) is 5.92 Å². The van der Waals surface area contributed by atoms with Crippen molar-refractivity contribution in [2.75, 3.05) is 31.9 Å². The van der Waals surface area contributed by atoms with E-state index in [1.54, 1.807) is 19.1 Å². The summed E-state index contributed by atoms with van der Waals surface area (Å²) in [6.07, 6.45) is 0. The Morgan fingerprint density at radius 1 is 0.913 bits per heavy atom. The van der Waals surface area contributed by atoms with Crippen LogP contribution in [0.4, 0.5) is 0 Å². The molecule has 0 N–H and O–H groups in total. The first-order valence-corrected chi connectivity index (χ1v) is 10.8. The summed E-state index contributed by atoms with van der Waals surface area (Å²) < 4.78 is 51.7. The Kier molecular flexibility index (Phi) is 5.50. The highest BCUT2D eigenvalue weighted by Gasteiger charge is 2.32. The van der Waals surface area contributed by atoms with Gasteiger partial charge in [0.25, 0.3) is 0 Å². The Balaban J connectivity index is 2.13. The zero-order valence-corrected chi connectivity index (χ0v) is 15.4. The van der Waals surface area contributed by atoms with Crippen LogP contribution in [0.3, 0.4) is 0 Å². The van der Waals surface area contributed by atoms with E-state index in [4.69, 9.17) is 0 Å². The van der Waals surface area contributed by atoms with Gasteiger partial charge in [0, 0.05) is 26.2 Å². The van der Waals surface area contributed by atoms with E-state index in [1.807, 2.05) is 12.1 Å². The van der Waals surface area contributed by atoms with Crippen LogP contribution in [0.5, 0.6) is 0 Å². The first kappa shape index (κ1) is 18.4. The molecule has 0 amide bonds. The topological polar surface area (TPSA) is 74.8 Å². The molecule has 1 aromatic rings. The number of piperazine rings is 1. The van der Waals surface area contributed by atoms with E-state index in [-0.39, 0.29) is 36.8 Å². The Morgan fingerprint density at radius 3 is 1.83 bits per heavy atom. The van der Waals surface area contributed by atoms with Gasteiger partial charge in [-0.2, -0.15) is 8.61 Å². The molecule has 1 fully saturated rings. The van der Waals surface area contributed by atoms with Gasteiger partial charge in [-0.15, -0.1) is 0 Å². The molecule has 0 atom stereocenters. The van der Waals surface area contributed by atoms with Gasteiger partial charge in [0.2, 0.25) is 20.0 Å². The highest BCUT2D eigenvalue weighted by atomic mass is 32.2. The molecule has 1 heterocycles. The summed E-state index contributed by atoms with van der Waals surface area (Å²) in [5, 5.41) is 0. The van der Waals surface area contributed by atoms with Crippen molar-refractivity contribution in [3.05, 3.63) is 29.8 Å². The quantitative estimate of drug-likeness (QED) is 0.797. The van der Waals surface area contributed by atoms with Crippen molar-refractivity contribution < 1.29 is 16.8 Å². The average Bonchev–Trinajstić information content (AvgIpc) is 2.55. The average molecular weight is 361 g/mol. The largest absolute Gasteiger partial charge is 0.243 e. The van der Waals surface area contributed by atoms with Crippen molar-refractivity contribution >= 4 is 20.0 Å². The molecule has 0 radical (unpaired) electrons. The Hall–Kier alpha value is -0.960. The van der Waals surface area contributed by atoms with Crippen LogP contribution in [0.25, 0.3) is 0 Å². The van der Waals surface area contributed by atoms with Gasteiger partial charge < -0.3 is 0 Å². The van der Waals surface area contributed by atoms with Crippen LogP contribution in [0, 0.1) is 0 Å². The minimum Gasteiger partial charge on any atom is -0.212 e. The standard InChI is InChI=1S/C15H24N2O4S2/c1-4-22(18,19)16-9-11-17(12-10-16)23(20,21)15-7-5-14(6-8-15)13(2)3/h5-8,13H,4,9-12H2,1-3H3. The fourth-order valence-corrected chi connectivity index (χ4v) is 5.05. The number of hydrogen-bond acceptors (Lipinski definition) is 4. The maximum absolute atomic E-state index is 12.7. The molecular weight excluding hydrogens is 336 g/mol. The predicted octanol–water partition coefficient (Wildman–Crippen LogP) is 1.47. The monoisotopic (exact) mass is 360 g/mol. The molecular formula is C15H24N2O4S2. The molecule has 0 aliphatic carbocycles. The summed E-state index contributed by atoms with van der Waals surface area (Å²) in [7, 11) is -6.83. The SMILES string of the molecule is CCS(=O)(=O)N1CCN(S(=O)(=O)c2ccc(C(C)C)cc2)CC1. The van der Waals surface area contributed by atoms with Gasteiger partial charge in [-0.25, -0.2) is 16.8 Å². The number of sulfonamides is 2. The number of rotatable bonds is 5. The molecule has 1 aromatic carbocycles. The summed E-state index contributed by atoms with van der Waals surface area (Å²) in [4.78, 5) is 0.258. The lowest BCUT2D eigenvalue weighted by atomic mass is 10.0. The van der Waals surface area contributed by atoms with Gasteiger partial charge in [0.15, 0.2) is 0 Å². The lowest BCUT2D eigenvalue weighted by molar-refractivity contribution is 0.273. The molecule has 0 spiro atoms. The Labute approximate surface area is 139 Å². The zero-order chi connectivity index (χ0) is 17.3. The molecule has 23 heavy (non-hydrogen) atoms. The lowest BCUT2D eigenvalue weighted by Crippen LogP contribution is -2.50. The molecule has 0 aromatic heterocycles. The molecule has 1 saturated heterocycles. The van der Waals surface area contributed by atoms with Gasteiger partial charge in [-0.1, -0.05) is 26.0 Å². The van der Waals surface area contributed by atoms with Crippen LogP contribution in [0.1, 0.15) is 32.3 Å². The van der Waals surface area contributed by atoms with Crippen molar-refractivity contribution in [2.45, 2.75) is 31.6 Å². The highest BCUT2D eigenvalue weighted by molar-refractivity contribution is 7.89. The maximum atomic E-state index is 12.7. The molecule has 1 aliphatic rings. The molecule has 0 bridgehead atoms.